The van der Waals surface area contributed by atoms with Crippen molar-refractivity contribution in [3.05, 3.63) is 70.9 Å². The predicted octanol–water partition coefficient (Wildman–Crippen LogP) is 4.84. The highest BCUT2D eigenvalue weighted by molar-refractivity contribution is 6.32. The molecule has 1 N–H and O–H groups in total. The molecule has 3 aromatic rings. The largest absolute Gasteiger partial charge is 0.467 e. The summed E-state index contributed by atoms with van der Waals surface area (Å²) in [4.78, 5) is 12.0. The third kappa shape index (κ3) is 4.83. The molecule has 0 fully saturated rings. The minimum absolute atomic E-state index is 0.102. The number of carbonyl (C=O) groups excluding carboxylic acids is 1. The molecule has 0 saturated carbocycles. The van der Waals surface area contributed by atoms with Gasteiger partial charge in [0, 0.05) is 12.1 Å². The Bertz CT molecular complexity index is 1050. The van der Waals surface area contributed by atoms with Crippen molar-refractivity contribution in [2.75, 3.05) is 11.9 Å². The number of ether oxygens (including phenoxy) is 1. The summed E-state index contributed by atoms with van der Waals surface area (Å²) in [6.07, 6.45) is -4.76. The predicted molar refractivity (Wildman–Crippen MR) is 94.1 cm³/mol. The van der Waals surface area contributed by atoms with E-state index in [1.54, 1.807) is 6.07 Å². The normalized spacial score (nSPS) is 11.4. The zero-order valence-corrected chi connectivity index (χ0v) is 15.1. The maximum Gasteiger partial charge on any atom is 0.435 e. The van der Waals surface area contributed by atoms with Crippen molar-refractivity contribution < 1.29 is 31.5 Å². The van der Waals surface area contributed by atoms with Crippen LogP contribution in [0.5, 0.6) is 5.88 Å². The number of rotatable bonds is 5. The van der Waals surface area contributed by atoms with E-state index in [-0.39, 0.29) is 16.4 Å². The number of aromatic nitrogens is 2. The van der Waals surface area contributed by atoms with Crippen LogP contribution in [0.3, 0.4) is 0 Å². The van der Waals surface area contributed by atoms with Crippen LogP contribution in [0.2, 0.25) is 5.02 Å². The Morgan fingerprint density at radius 1 is 1.14 bits per heavy atom. The molecule has 11 heteroatoms. The lowest BCUT2D eigenvalue weighted by Crippen LogP contribution is -2.21. The van der Waals surface area contributed by atoms with E-state index in [1.807, 2.05) is 0 Å². The lowest BCUT2D eigenvalue weighted by molar-refractivity contribution is -0.141. The summed E-state index contributed by atoms with van der Waals surface area (Å²) in [5, 5.41) is 5.68. The van der Waals surface area contributed by atoms with Crippen LogP contribution in [0.15, 0.2) is 48.5 Å². The second-order valence-electron chi connectivity index (χ2n) is 5.69. The number of anilines is 1. The van der Waals surface area contributed by atoms with E-state index in [0.717, 1.165) is 16.8 Å². The van der Waals surface area contributed by atoms with Crippen LogP contribution >= 0.6 is 11.6 Å². The smallest absolute Gasteiger partial charge is 0.435 e. The Balaban J connectivity index is 1.82. The van der Waals surface area contributed by atoms with Crippen LogP contribution in [0.4, 0.5) is 27.6 Å². The summed E-state index contributed by atoms with van der Waals surface area (Å²) in [6, 6.07) is 9.07. The number of para-hydroxylation sites is 1. The first-order valence-corrected chi connectivity index (χ1v) is 8.33. The van der Waals surface area contributed by atoms with Crippen LogP contribution in [0.1, 0.15) is 5.69 Å². The number of carbonyl (C=O) groups is 1. The fourth-order valence-electron chi connectivity index (χ4n) is 2.32. The molecule has 1 heterocycles. The highest BCUT2D eigenvalue weighted by Crippen LogP contribution is 2.33. The van der Waals surface area contributed by atoms with E-state index >= 15 is 0 Å². The summed E-state index contributed by atoms with van der Waals surface area (Å²) < 4.78 is 71.6. The van der Waals surface area contributed by atoms with Gasteiger partial charge in [-0.3, -0.25) is 4.79 Å². The third-order valence-electron chi connectivity index (χ3n) is 3.60. The van der Waals surface area contributed by atoms with Crippen molar-refractivity contribution in [3.63, 3.8) is 0 Å². The average molecular weight is 432 g/mol. The fourth-order valence-corrected chi connectivity index (χ4v) is 2.53. The molecule has 0 bridgehead atoms. The van der Waals surface area contributed by atoms with E-state index < -0.39 is 41.9 Å². The number of nitrogens with zero attached hydrogens (tertiary/aromatic N) is 2. The highest BCUT2D eigenvalue weighted by atomic mass is 35.5. The Morgan fingerprint density at radius 2 is 1.86 bits per heavy atom. The number of benzene rings is 2. The molecule has 5 nitrogen and oxygen atoms in total. The molecular formula is C18H11ClF5N3O2. The average Bonchev–Trinajstić information content (AvgIpc) is 3.07. The molecule has 0 saturated heterocycles. The van der Waals surface area contributed by atoms with Crippen LogP contribution in [-0.2, 0) is 11.0 Å². The second kappa shape index (κ2) is 8.08. The van der Waals surface area contributed by atoms with Gasteiger partial charge < -0.3 is 10.1 Å². The van der Waals surface area contributed by atoms with Crippen molar-refractivity contribution in [1.29, 1.82) is 0 Å². The minimum Gasteiger partial charge on any atom is -0.467 e. The number of alkyl halides is 3. The van der Waals surface area contributed by atoms with Crippen molar-refractivity contribution in [2.24, 2.45) is 0 Å². The topological polar surface area (TPSA) is 56.1 Å². The first-order chi connectivity index (χ1) is 13.6. The number of hydrogen-bond acceptors (Lipinski definition) is 3. The molecule has 3 rings (SSSR count). The van der Waals surface area contributed by atoms with Gasteiger partial charge in [-0.1, -0.05) is 23.7 Å². The first kappa shape index (κ1) is 20.6. The summed E-state index contributed by atoms with van der Waals surface area (Å²) in [6.45, 7) is -0.760. The third-order valence-corrected chi connectivity index (χ3v) is 3.92. The molecule has 0 aliphatic carbocycles. The summed E-state index contributed by atoms with van der Waals surface area (Å²) >= 11 is 6.01. The van der Waals surface area contributed by atoms with E-state index in [0.29, 0.717) is 12.1 Å². The van der Waals surface area contributed by atoms with Gasteiger partial charge in [-0.2, -0.15) is 23.0 Å². The molecule has 0 atom stereocenters. The molecule has 1 amide bonds. The number of amides is 1. The van der Waals surface area contributed by atoms with Gasteiger partial charge in [0.05, 0.1) is 16.4 Å². The monoisotopic (exact) mass is 431 g/mol. The standard InChI is InChI=1S/C18H11ClF5N3O2/c19-11-3-1-2-4-14(11)27-17(8-15(26-27)18(22,23)24)29-9-16(28)25-13-6-5-10(20)7-12(13)21/h1-8H,9H2,(H,25,28). The van der Waals surface area contributed by atoms with Gasteiger partial charge >= 0.3 is 6.18 Å². The molecule has 0 aliphatic rings. The number of nitrogens with one attached hydrogen (secondary N) is 1. The van der Waals surface area contributed by atoms with Crippen molar-refractivity contribution in [2.45, 2.75) is 6.18 Å². The van der Waals surface area contributed by atoms with Crippen LogP contribution < -0.4 is 10.1 Å². The summed E-state index contributed by atoms with van der Waals surface area (Å²) in [7, 11) is 0. The Hall–Kier alpha value is -3.14. The van der Waals surface area contributed by atoms with E-state index in [4.69, 9.17) is 16.3 Å². The molecule has 152 valence electrons. The molecule has 0 aliphatic heterocycles. The SMILES string of the molecule is O=C(COc1cc(C(F)(F)F)nn1-c1ccccc1Cl)Nc1ccc(F)cc1F. The van der Waals surface area contributed by atoms with Crippen LogP contribution in [0.25, 0.3) is 5.69 Å². The fraction of sp³-hybridized carbons (Fsp3) is 0.111. The molecule has 0 radical (unpaired) electrons. The van der Waals surface area contributed by atoms with Gasteiger partial charge in [-0.15, -0.1) is 0 Å². The van der Waals surface area contributed by atoms with E-state index in [2.05, 4.69) is 10.4 Å². The molecule has 29 heavy (non-hydrogen) atoms. The zero-order chi connectivity index (χ0) is 21.2. The highest BCUT2D eigenvalue weighted by Gasteiger charge is 2.36. The second-order valence-corrected chi connectivity index (χ2v) is 6.10. The molecule has 2 aromatic carbocycles. The quantitative estimate of drug-likeness (QED) is 0.588. The van der Waals surface area contributed by atoms with E-state index in [9.17, 15) is 26.7 Å². The molecule has 0 unspecified atom stereocenters. The summed E-state index contributed by atoms with van der Waals surface area (Å²) in [5.74, 6) is -3.13. The molecule has 1 aromatic heterocycles. The van der Waals surface area contributed by atoms with Crippen LogP contribution in [0, 0.1) is 11.6 Å². The van der Waals surface area contributed by atoms with Gasteiger partial charge in [0.1, 0.15) is 11.6 Å². The Morgan fingerprint density at radius 3 is 2.52 bits per heavy atom. The number of hydrogen-bond donors (Lipinski definition) is 1. The Kier molecular flexibility index (Phi) is 5.73. The van der Waals surface area contributed by atoms with Gasteiger partial charge in [-0.05, 0) is 24.3 Å². The maximum absolute atomic E-state index is 13.6. The zero-order valence-electron chi connectivity index (χ0n) is 14.3. The van der Waals surface area contributed by atoms with Crippen molar-refractivity contribution >= 4 is 23.2 Å². The van der Waals surface area contributed by atoms with E-state index in [1.165, 1.54) is 18.2 Å². The van der Waals surface area contributed by atoms with Gasteiger partial charge in [0.15, 0.2) is 12.3 Å². The Labute approximate surface area is 165 Å². The molecule has 0 spiro atoms. The van der Waals surface area contributed by atoms with Crippen molar-refractivity contribution in [3.8, 4) is 11.6 Å². The summed E-state index contributed by atoms with van der Waals surface area (Å²) in [5.41, 5.74) is -1.46. The van der Waals surface area contributed by atoms with Gasteiger partial charge in [0.2, 0.25) is 5.88 Å². The van der Waals surface area contributed by atoms with Gasteiger partial charge in [-0.25, -0.2) is 8.78 Å². The first-order valence-electron chi connectivity index (χ1n) is 7.95. The van der Waals surface area contributed by atoms with Crippen molar-refractivity contribution in [1.82, 2.24) is 9.78 Å². The lowest BCUT2D eigenvalue weighted by Gasteiger charge is -2.11. The maximum atomic E-state index is 13.6. The minimum atomic E-state index is -4.76. The van der Waals surface area contributed by atoms with Crippen LogP contribution in [-0.4, -0.2) is 22.3 Å². The van der Waals surface area contributed by atoms with Gasteiger partial charge in [0.25, 0.3) is 5.91 Å². The molecular weight excluding hydrogens is 421 g/mol. The lowest BCUT2D eigenvalue weighted by atomic mass is 10.3. The number of halogens is 6.